The van der Waals surface area contributed by atoms with Gasteiger partial charge in [0, 0.05) is 22.7 Å². The SMILES string of the molecule is CCOC1CC(CC(N)c2ccc(Cl)cc2Cl)C1. The van der Waals surface area contributed by atoms with Gasteiger partial charge in [-0.15, -0.1) is 0 Å². The zero-order valence-electron chi connectivity index (χ0n) is 10.5. The predicted octanol–water partition coefficient (Wildman–Crippen LogP) is 4.20. The van der Waals surface area contributed by atoms with Crippen molar-refractivity contribution in [3.8, 4) is 0 Å². The minimum Gasteiger partial charge on any atom is -0.378 e. The lowest BCUT2D eigenvalue weighted by Crippen LogP contribution is -2.33. The van der Waals surface area contributed by atoms with Crippen molar-refractivity contribution in [3.05, 3.63) is 33.8 Å². The third-order valence-electron chi connectivity index (χ3n) is 3.54. The molecule has 1 aliphatic carbocycles. The molecule has 0 amide bonds. The summed E-state index contributed by atoms with van der Waals surface area (Å²) in [6, 6.07) is 5.50. The molecule has 1 aliphatic rings. The van der Waals surface area contributed by atoms with Crippen molar-refractivity contribution in [2.24, 2.45) is 11.7 Å². The normalized spacial score (nSPS) is 24.7. The van der Waals surface area contributed by atoms with Crippen molar-refractivity contribution in [2.75, 3.05) is 6.61 Å². The third-order valence-corrected chi connectivity index (χ3v) is 4.11. The average Bonchev–Trinajstić information content (AvgIpc) is 2.26. The van der Waals surface area contributed by atoms with E-state index in [2.05, 4.69) is 0 Å². The zero-order chi connectivity index (χ0) is 13.1. The topological polar surface area (TPSA) is 35.2 Å². The molecule has 0 aliphatic heterocycles. The summed E-state index contributed by atoms with van der Waals surface area (Å²) in [7, 11) is 0. The predicted molar refractivity (Wildman–Crippen MR) is 76.1 cm³/mol. The second-order valence-corrected chi connectivity index (χ2v) is 5.77. The fourth-order valence-electron chi connectivity index (χ4n) is 2.53. The maximum Gasteiger partial charge on any atom is 0.0580 e. The highest BCUT2D eigenvalue weighted by Crippen LogP contribution is 2.37. The first-order valence-electron chi connectivity index (χ1n) is 6.42. The van der Waals surface area contributed by atoms with Gasteiger partial charge in [-0.25, -0.2) is 0 Å². The molecule has 2 N–H and O–H groups in total. The van der Waals surface area contributed by atoms with Gasteiger partial charge in [0.2, 0.25) is 0 Å². The maximum absolute atomic E-state index is 6.21. The molecule has 1 atom stereocenters. The highest BCUT2D eigenvalue weighted by Gasteiger charge is 2.31. The van der Waals surface area contributed by atoms with Gasteiger partial charge < -0.3 is 10.5 Å². The Bertz CT molecular complexity index is 405. The molecule has 100 valence electrons. The molecule has 2 nitrogen and oxygen atoms in total. The summed E-state index contributed by atoms with van der Waals surface area (Å²) in [5.41, 5.74) is 7.19. The van der Waals surface area contributed by atoms with Crippen molar-refractivity contribution in [2.45, 2.75) is 38.3 Å². The van der Waals surface area contributed by atoms with E-state index in [0.29, 0.717) is 22.1 Å². The smallest absolute Gasteiger partial charge is 0.0580 e. The second kappa shape index (κ2) is 6.25. The van der Waals surface area contributed by atoms with Crippen molar-refractivity contribution < 1.29 is 4.74 Å². The van der Waals surface area contributed by atoms with Crippen LogP contribution in [0.3, 0.4) is 0 Å². The summed E-state index contributed by atoms with van der Waals surface area (Å²) in [4.78, 5) is 0. The third kappa shape index (κ3) is 3.39. The Morgan fingerprint density at radius 3 is 2.72 bits per heavy atom. The van der Waals surface area contributed by atoms with Crippen LogP contribution in [0.5, 0.6) is 0 Å². The van der Waals surface area contributed by atoms with E-state index in [1.54, 1.807) is 6.07 Å². The standard InChI is InChI=1S/C14H19Cl2NO/c1-2-18-11-5-9(6-11)7-14(17)12-4-3-10(15)8-13(12)16/h3-4,8-9,11,14H,2,5-7,17H2,1H3. The van der Waals surface area contributed by atoms with Crippen LogP contribution in [0.15, 0.2) is 18.2 Å². The second-order valence-electron chi connectivity index (χ2n) is 4.92. The maximum atomic E-state index is 6.21. The van der Waals surface area contributed by atoms with E-state index in [4.69, 9.17) is 33.7 Å². The molecule has 18 heavy (non-hydrogen) atoms. The van der Waals surface area contributed by atoms with Crippen LogP contribution in [0.1, 0.15) is 37.8 Å². The summed E-state index contributed by atoms with van der Waals surface area (Å²) < 4.78 is 5.55. The average molecular weight is 288 g/mol. The molecule has 1 aromatic carbocycles. The molecule has 0 spiro atoms. The van der Waals surface area contributed by atoms with Crippen LogP contribution < -0.4 is 5.73 Å². The van der Waals surface area contributed by atoms with Gasteiger partial charge in [0.05, 0.1) is 6.10 Å². The van der Waals surface area contributed by atoms with Crippen LogP contribution in [0.25, 0.3) is 0 Å². The van der Waals surface area contributed by atoms with Crippen LogP contribution in [0.4, 0.5) is 0 Å². The van der Waals surface area contributed by atoms with E-state index in [9.17, 15) is 0 Å². The Morgan fingerprint density at radius 2 is 2.11 bits per heavy atom. The number of hydrogen-bond donors (Lipinski definition) is 1. The van der Waals surface area contributed by atoms with Gasteiger partial charge in [0.25, 0.3) is 0 Å². The van der Waals surface area contributed by atoms with Gasteiger partial charge in [0.1, 0.15) is 0 Å². The van der Waals surface area contributed by atoms with Gasteiger partial charge in [0.15, 0.2) is 0 Å². The Balaban J connectivity index is 1.87. The Kier molecular flexibility index (Phi) is 4.91. The van der Waals surface area contributed by atoms with E-state index < -0.39 is 0 Å². The van der Waals surface area contributed by atoms with E-state index in [0.717, 1.165) is 31.4 Å². The monoisotopic (exact) mass is 287 g/mol. The number of ether oxygens (including phenoxy) is 1. The van der Waals surface area contributed by atoms with Crippen LogP contribution in [-0.4, -0.2) is 12.7 Å². The van der Waals surface area contributed by atoms with E-state index in [1.165, 1.54) is 0 Å². The molecule has 1 aromatic rings. The molecular formula is C14H19Cl2NO. The zero-order valence-corrected chi connectivity index (χ0v) is 12.0. The van der Waals surface area contributed by atoms with Crippen LogP contribution in [-0.2, 0) is 4.74 Å². The lowest BCUT2D eigenvalue weighted by molar-refractivity contribution is -0.0282. The summed E-state index contributed by atoms with van der Waals surface area (Å²) in [6.45, 7) is 2.83. The molecule has 0 heterocycles. The van der Waals surface area contributed by atoms with Crippen LogP contribution >= 0.6 is 23.2 Å². The first kappa shape index (κ1) is 14.1. The quantitative estimate of drug-likeness (QED) is 0.881. The summed E-state index contributed by atoms with van der Waals surface area (Å²) >= 11 is 12.0. The molecule has 1 unspecified atom stereocenters. The molecule has 2 rings (SSSR count). The summed E-state index contributed by atoms with van der Waals surface area (Å²) in [6.07, 6.45) is 3.64. The van der Waals surface area contributed by atoms with Gasteiger partial charge in [-0.1, -0.05) is 29.3 Å². The molecule has 0 bridgehead atoms. The molecule has 1 fully saturated rings. The Hall–Kier alpha value is -0.280. The largest absolute Gasteiger partial charge is 0.378 e. The molecular weight excluding hydrogens is 269 g/mol. The van der Waals surface area contributed by atoms with E-state index >= 15 is 0 Å². The molecule has 0 radical (unpaired) electrons. The van der Waals surface area contributed by atoms with Gasteiger partial charge in [-0.3, -0.25) is 0 Å². The highest BCUT2D eigenvalue weighted by molar-refractivity contribution is 6.35. The number of rotatable bonds is 5. The number of nitrogens with two attached hydrogens (primary N) is 1. The molecule has 1 saturated carbocycles. The van der Waals surface area contributed by atoms with Crippen molar-refractivity contribution in [1.82, 2.24) is 0 Å². The van der Waals surface area contributed by atoms with Crippen molar-refractivity contribution in [1.29, 1.82) is 0 Å². The molecule has 4 heteroatoms. The fourth-order valence-corrected chi connectivity index (χ4v) is 3.08. The van der Waals surface area contributed by atoms with Gasteiger partial charge in [-0.2, -0.15) is 0 Å². The highest BCUT2D eigenvalue weighted by atomic mass is 35.5. The minimum atomic E-state index is -0.0117. The van der Waals surface area contributed by atoms with Gasteiger partial charge >= 0.3 is 0 Å². The summed E-state index contributed by atoms with van der Waals surface area (Å²) in [5, 5.41) is 1.31. The number of benzene rings is 1. The van der Waals surface area contributed by atoms with Crippen LogP contribution in [0, 0.1) is 5.92 Å². The first-order valence-corrected chi connectivity index (χ1v) is 7.17. The van der Waals surface area contributed by atoms with E-state index in [1.807, 2.05) is 19.1 Å². The first-order chi connectivity index (χ1) is 8.60. The van der Waals surface area contributed by atoms with Gasteiger partial charge in [-0.05, 0) is 49.8 Å². The lowest BCUT2D eigenvalue weighted by Gasteiger charge is -2.36. The summed E-state index contributed by atoms with van der Waals surface area (Å²) in [5.74, 6) is 0.656. The van der Waals surface area contributed by atoms with Crippen molar-refractivity contribution in [3.63, 3.8) is 0 Å². The van der Waals surface area contributed by atoms with E-state index in [-0.39, 0.29) is 6.04 Å². The minimum absolute atomic E-state index is 0.0117. The Morgan fingerprint density at radius 1 is 1.39 bits per heavy atom. The van der Waals surface area contributed by atoms with Crippen molar-refractivity contribution >= 4 is 23.2 Å². The number of halogens is 2. The lowest BCUT2D eigenvalue weighted by atomic mass is 9.77. The van der Waals surface area contributed by atoms with Crippen LogP contribution in [0.2, 0.25) is 10.0 Å². The molecule has 0 saturated heterocycles. The molecule has 0 aromatic heterocycles. The fraction of sp³-hybridized carbons (Fsp3) is 0.571. The number of hydrogen-bond acceptors (Lipinski definition) is 2. The Labute approximate surface area is 118 Å².